The molecule has 0 saturated heterocycles. The topological polar surface area (TPSA) is 45.8 Å². The molecule has 0 amide bonds. The van der Waals surface area contributed by atoms with Crippen molar-refractivity contribution in [2.24, 2.45) is 0 Å². The molecular formula is C12H13ClN2OS2. The van der Waals surface area contributed by atoms with Crippen molar-refractivity contribution < 1.29 is 0 Å². The first-order valence-electron chi connectivity index (χ1n) is 5.39. The number of hydrogen-bond donors (Lipinski definition) is 1. The van der Waals surface area contributed by atoms with E-state index in [-0.39, 0.29) is 5.56 Å². The van der Waals surface area contributed by atoms with Gasteiger partial charge in [0.25, 0.3) is 5.56 Å². The van der Waals surface area contributed by atoms with Crippen LogP contribution in [0.2, 0.25) is 0 Å². The first-order chi connectivity index (χ1) is 8.49. The minimum atomic E-state index is -0.0536. The van der Waals surface area contributed by atoms with Gasteiger partial charge in [0.05, 0.1) is 11.1 Å². The summed E-state index contributed by atoms with van der Waals surface area (Å²) >= 11 is 8.83. The van der Waals surface area contributed by atoms with E-state index in [1.54, 1.807) is 23.1 Å². The van der Waals surface area contributed by atoms with Crippen LogP contribution in [0.1, 0.15) is 16.3 Å². The highest BCUT2D eigenvalue weighted by molar-refractivity contribution is 7.98. The smallest absolute Gasteiger partial charge is 0.259 e. The Bertz CT molecular complexity index is 660. The van der Waals surface area contributed by atoms with Crippen LogP contribution in [0, 0.1) is 13.8 Å². The molecule has 96 valence electrons. The van der Waals surface area contributed by atoms with Crippen LogP contribution in [0.4, 0.5) is 0 Å². The molecule has 2 rings (SSSR count). The van der Waals surface area contributed by atoms with Crippen LogP contribution < -0.4 is 5.56 Å². The second-order valence-corrected chi connectivity index (χ2v) is 6.71. The summed E-state index contributed by atoms with van der Waals surface area (Å²) in [5.41, 5.74) is 0.972. The Morgan fingerprint density at radius 1 is 1.56 bits per heavy atom. The Morgan fingerprint density at radius 3 is 2.94 bits per heavy atom. The third kappa shape index (κ3) is 2.79. The lowest BCUT2D eigenvalue weighted by Crippen LogP contribution is -2.10. The van der Waals surface area contributed by atoms with Crippen molar-refractivity contribution in [2.75, 3.05) is 5.75 Å². The highest BCUT2D eigenvalue weighted by Crippen LogP contribution is 2.26. The van der Waals surface area contributed by atoms with Crippen LogP contribution in [0.25, 0.3) is 10.2 Å². The standard InChI is InChI=1S/C12H13ClN2OS2/c1-6(13)4-17-5-9-14-11(16)10-7(2)8(3)18-12(10)15-9/h1,4-5H2,2-3H3,(H,14,15,16). The van der Waals surface area contributed by atoms with Crippen LogP contribution in [-0.2, 0) is 5.75 Å². The predicted octanol–water partition coefficient (Wildman–Crippen LogP) is 3.59. The highest BCUT2D eigenvalue weighted by Gasteiger charge is 2.11. The van der Waals surface area contributed by atoms with Gasteiger partial charge in [-0.2, -0.15) is 0 Å². The Labute approximate surface area is 118 Å². The number of aromatic nitrogens is 2. The second-order valence-electron chi connectivity index (χ2n) is 3.99. The molecule has 0 spiro atoms. The number of thioether (sulfide) groups is 1. The molecule has 0 bridgehead atoms. The van der Waals surface area contributed by atoms with E-state index in [9.17, 15) is 4.79 Å². The molecule has 0 saturated carbocycles. The third-order valence-electron chi connectivity index (χ3n) is 2.59. The number of nitrogens with one attached hydrogen (secondary N) is 1. The van der Waals surface area contributed by atoms with Gasteiger partial charge in [0.15, 0.2) is 0 Å². The summed E-state index contributed by atoms with van der Waals surface area (Å²) in [5, 5.41) is 1.32. The van der Waals surface area contributed by atoms with Crippen molar-refractivity contribution in [1.82, 2.24) is 9.97 Å². The average Bonchev–Trinajstić information content (AvgIpc) is 2.54. The van der Waals surface area contributed by atoms with Crippen molar-refractivity contribution in [3.8, 4) is 0 Å². The molecule has 0 aliphatic carbocycles. The lowest BCUT2D eigenvalue weighted by molar-refractivity contribution is 1.04. The van der Waals surface area contributed by atoms with Crippen LogP contribution in [0.5, 0.6) is 0 Å². The lowest BCUT2D eigenvalue weighted by atomic mass is 10.2. The molecule has 2 heterocycles. The SMILES string of the molecule is C=C(Cl)CSCc1nc2sc(C)c(C)c2c(=O)[nH]1. The maximum atomic E-state index is 12.0. The van der Waals surface area contributed by atoms with Crippen LogP contribution in [-0.4, -0.2) is 15.7 Å². The highest BCUT2D eigenvalue weighted by atomic mass is 35.5. The number of thiophene rings is 1. The number of aromatic amines is 1. The number of rotatable bonds is 4. The Hall–Kier alpha value is -0.780. The quantitative estimate of drug-likeness (QED) is 0.938. The van der Waals surface area contributed by atoms with Crippen molar-refractivity contribution in [3.63, 3.8) is 0 Å². The van der Waals surface area contributed by atoms with E-state index >= 15 is 0 Å². The summed E-state index contributed by atoms with van der Waals surface area (Å²) in [4.78, 5) is 21.3. The molecular weight excluding hydrogens is 288 g/mol. The first kappa shape index (κ1) is 13.6. The molecule has 18 heavy (non-hydrogen) atoms. The van der Waals surface area contributed by atoms with Crippen molar-refractivity contribution in [1.29, 1.82) is 0 Å². The molecule has 0 radical (unpaired) electrons. The fourth-order valence-electron chi connectivity index (χ4n) is 1.63. The molecule has 3 nitrogen and oxygen atoms in total. The van der Waals surface area contributed by atoms with Crippen LogP contribution in [0.15, 0.2) is 16.4 Å². The zero-order valence-electron chi connectivity index (χ0n) is 10.2. The number of aryl methyl sites for hydroxylation is 2. The molecule has 0 fully saturated rings. The Kier molecular flexibility index (Phi) is 4.14. The summed E-state index contributed by atoms with van der Waals surface area (Å²) in [7, 11) is 0. The second kappa shape index (κ2) is 5.47. The van der Waals surface area contributed by atoms with Crippen molar-refractivity contribution in [2.45, 2.75) is 19.6 Å². The van der Waals surface area contributed by atoms with Gasteiger partial charge in [-0.3, -0.25) is 4.79 Å². The molecule has 2 aromatic rings. The monoisotopic (exact) mass is 300 g/mol. The van der Waals surface area contributed by atoms with E-state index in [1.165, 1.54) is 0 Å². The summed E-state index contributed by atoms with van der Waals surface area (Å²) in [5.74, 6) is 1.98. The van der Waals surface area contributed by atoms with Crippen molar-refractivity contribution in [3.05, 3.63) is 38.2 Å². The fourth-order valence-corrected chi connectivity index (χ4v) is 3.56. The molecule has 0 unspecified atom stereocenters. The van der Waals surface area contributed by atoms with Crippen molar-refractivity contribution >= 4 is 44.9 Å². The summed E-state index contributed by atoms with van der Waals surface area (Å²) < 4.78 is 0. The number of halogens is 1. The zero-order chi connectivity index (χ0) is 13.3. The van der Waals surface area contributed by atoms with E-state index in [0.717, 1.165) is 15.3 Å². The van der Waals surface area contributed by atoms with Gasteiger partial charge in [-0.15, -0.1) is 23.1 Å². The van der Waals surface area contributed by atoms with Crippen LogP contribution in [0.3, 0.4) is 0 Å². The first-order valence-corrected chi connectivity index (χ1v) is 7.74. The number of nitrogens with zero attached hydrogens (tertiary/aromatic N) is 1. The molecule has 0 aliphatic heterocycles. The van der Waals surface area contributed by atoms with Gasteiger partial charge in [-0.05, 0) is 19.4 Å². The van der Waals surface area contributed by atoms with Crippen LogP contribution >= 0.6 is 34.7 Å². The van der Waals surface area contributed by atoms with Gasteiger partial charge < -0.3 is 4.98 Å². The minimum Gasteiger partial charge on any atom is -0.309 e. The molecule has 0 aliphatic rings. The molecule has 2 aromatic heterocycles. The molecule has 6 heteroatoms. The van der Waals surface area contributed by atoms with Gasteiger partial charge in [0.1, 0.15) is 10.7 Å². The van der Waals surface area contributed by atoms with E-state index in [1.807, 2.05) is 13.8 Å². The van der Waals surface area contributed by atoms with E-state index in [2.05, 4.69) is 16.5 Å². The minimum absolute atomic E-state index is 0.0536. The third-order valence-corrected chi connectivity index (χ3v) is 5.01. The van der Waals surface area contributed by atoms with E-state index in [4.69, 9.17) is 11.6 Å². The molecule has 0 atom stereocenters. The van der Waals surface area contributed by atoms with Gasteiger partial charge in [0.2, 0.25) is 0 Å². The summed E-state index contributed by atoms with van der Waals surface area (Å²) in [6.45, 7) is 7.59. The largest absolute Gasteiger partial charge is 0.309 e. The number of fused-ring (bicyclic) bond motifs is 1. The van der Waals surface area contributed by atoms with Gasteiger partial charge in [-0.1, -0.05) is 18.2 Å². The fraction of sp³-hybridized carbons (Fsp3) is 0.333. The van der Waals surface area contributed by atoms with Gasteiger partial charge in [-0.25, -0.2) is 4.98 Å². The Morgan fingerprint density at radius 2 is 2.28 bits per heavy atom. The van der Waals surface area contributed by atoms with E-state index in [0.29, 0.717) is 27.7 Å². The average molecular weight is 301 g/mol. The predicted molar refractivity (Wildman–Crippen MR) is 80.9 cm³/mol. The lowest BCUT2D eigenvalue weighted by Gasteiger charge is -2.00. The van der Waals surface area contributed by atoms with Gasteiger partial charge >= 0.3 is 0 Å². The zero-order valence-corrected chi connectivity index (χ0v) is 12.6. The van der Waals surface area contributed by atoms with E-state index < -0.39 is 0 Å². The number of H-pyrrole nitrogens is 1. The normalized spacial score (nSPS) is 11.1. The molecule has 0 aromatic carbocycles. The summed E-state index contributed by atoms with van der Waals surface area (Å²) in [6, 6.07) is 0. The number of hydrogen-bond acceptors (Lipinski definition) is 4. The Balaban J connectivity index is 2.32. The van der Waals surface area contributed by atoms with Gasteiger partial charge in [0, 0.05) is 15.7 Å². The summed E-state index contributed by atoms with van der Waals surface area (Å²) in [6.07, 6.45) is 0. The maximum Gasteiger partial charge on any atom is 0.259 e. The maximum absolute atomic E-state index is 12.0. The molecule has 1 N–H and O–H groups in total.